The summed E-state index contributed by atoms with van der Waals surface area (Å²) in [6.07, 6.45) is 3.58. The molecular weight excluding hydrogens is 494 g/mol. The lowest BCUT2D eigenvalue weighted by atomic mass is 10.1. The maximum Gasteiger partial charge on any atom is 0.276 e. The van der Waals surface area contributed by atoms with Gasteiger partial charge in [0.25, 0.3) is 5.69 Å². The Labute approximate surface area is 219 Å². The van der Waals surface area contributed by atoms with Crippen molar-refractivity contribution in [3.63, 3.8) is 0 Å². The molecule has 0 unspecified atom stereocenters. The highest BCUT2D eigenvalue weighted by Crippen LogP contribution is 2.35. The Hall–Kier alpha value is -3.95. The van der Waals surface area contributed by atoms with Crippen molar-refractivity contribution in [2.24, 2.45) is 0 Å². The van der Waals surface area contributed by atoms with Crippen LogP contribution in [0.15, 0.2) is 67.0 Å². The summed E-state index contributed by atoms with van der Waals surface area (Å²) < 4.78 is 12.2. The van der Waals surface area contributed by atoms with Crippen molar-refractivity contribution in [2.75, 3.05) is 25.5 Å². The first-order valence-corrected chi connectivity index (χ1v) is 12.4. The molecule has 2 heterocycles. The van der Waals surface area contributed by atoms with Crippen LogP contribution in [0.2, 0.25) is 5.02 Å². The molecule has 3 aromatic carbocycles. The molecule has 0 saturated carbocycles. The van der Waals surface area contributed by atoms with E-state index in [1.165, 1.54) is 12.4 Å². The number of nitro groups is 1. The van der Waals surface area contributed by atoms with E-state index in [9.17, 15) is 10.1 Å². The molecular formula is C27H26ClN5O4. The second kappa shape index (κ2) is 11.0. The van der Waals surface area contributed by atoms with Crippen LogP contribution in [-0.4, -0.2) is 46.0 Å². The van der Waals surface area contributed by atoms with Crippen molar-refractivity contribution in [3.8, 4) is 11.5 Å². The number of ether oxygens (including phenoxy) is 2. The summed E-state index contributed by atoms with van der Waals surface area (Å²) in [6, 6.07) is 17.5. The Morgan fingerprint density at radius 3 is 2.68 bits per heavy atom. The predicted octanol–water partition coefficient (Wildman–Crippen LogP) is 5.99. The van der Waals surface area contributed by atoms with E-state index in [0.29, 0.717) is 27.8 Å². The summed E-state index contributed by atoms with van der Waals surface area (Å²) in [7, 11) is 2.12. The monoisotopic (exact) mass is 519 g/mol. The van der Waals surface area contributed by atoms with Gasteiger partial charge in [-0.15, -0.1) is 0 Å². The van der Waals surface area contributed by atoms with Gasteiger partial charge in [-0.1, -0.05) is 29.8 Å². The molecule has 9 nitrogen and oxygen atoms in total. The summed E-state index contributed by atoms with van der Waals surface area (Å²) in [6.45, 7) is 2.03. The SMILES string of the molecule is CN1CCC(Oc2cccc3ncnc(Nc4ccc(OCc5ccccc5[N+](=O)[O-])c(Cl)c4)c23)CC1. The minimum atomic E-state index is -0.427. The summed E-state index contributed by atoms with van der Waals surface area (Å²) in [4.78, 5) is 22.0. The molecule has 0 aliphatic carbocycles. The van der Waals surface area contributed by atoms with Gasteiger partial charge in [0.2, 0.25) is 0 Å². The molecule has 0 amide bonds. The van der Waals surface area contributed by atoms with E-state index in [1.54, 1.807) is 30.3 Å². The van der Waals surface area contributed by atoms with E-state index in [4.69, 9.17) is 21.1 Å². The normalized spacial score (nSPS) is 14.4. The molecule has 1 fully saturated rings. The molecule has 1 aliphatic rings. The number of aromatic nitrogens is 2. The average Bonchev–Trinajstić information content (AvgIpc) is 2.90. The number of halogens is 1. The van der Waals surface area contributed by atoms with E-state index in [0.717, 1.165) is 42.6 Å². The number of piperidine rings is 1. The van der Waals surface area contributed by atoms with Crippen LogP contribution in [0, 0.1) is 10.1 Å². The molecule has 1 aliphatic heterocycles. The maximum absolute atomic E-state index is 11.3. The van der Waals surface area contributed by atoms with Crippen molar-refractivity contribution >= 4 is 39.7 Å². The maximum atomic E-state index is 11.3. The zero-order chi connectivity index (χ0) is 25.8. The molecule has 5 rings (SSSR count). The second-order valence-corrected chi connectivity index (χ2v) is 9.34. The number of hydrogen-bond donors (Lipinski definition) is 1. The van der Waals surface area contributed by atoms with Crippen LogP contribution < -0.4 is 14.8 Å². The Kier molecular flexibility index (Phi) is 7.34. The van der Waals surface area contributed by atoms with Gasteiger partial charge in [0.05, 0.1) is 26.4 Å². The fourth-order valence-corrected chi connectivity index (χ4v) is 4.59. The third-order valence-corrected chi connectivity index (χ3v) is 6.65. The van der Waals surface area contributed by atoms with Gasteiger partial charge < -0.3 is 19.7 Å². The van der Waals surface area contributed by atoms with E-state index in [-0.39, 0.29) is 18.4 Å². The van der Waals surface area contributed by atoms with Crippen molar-refractivity contribution in [2.45, 2.75) is 25.6 Å². The van der Waals surface area contributed by atoms with Gasteiger partial charge >= 0.3 is 0 Å². The Morgan fingerprint density at radius 1 is 1.08 bits per heavy atom. The van der Waals surface area contributed by atoms with Crippen LogP contribution in [0.5, 0.6) is 11.5 Å². The Bertz CT molecular complexity index is 1420. The first-order valence-electron chi connectivity index (χ1n) is 12.0. The largest absolute Gasteiger partial charge is 0.489 e. The molecule has 10 heteroatoms. The highest BCUT2D eigenvalue weighted by atomic mass is 35.5. The minimum Gasteiger partial charge on any atom is -0.489 e. The summed E-state index contributed by atoms with van der Waals surface area (Å²) in [5, 5.41) is 15.8. The molecule has 37 heavy (non-hydrogen) atoms. The van der Waals surface area contributed by atoms with Gasteiger partial charge in [-0.3, -0.25) is 10.1 Å². The third kappa shape index (κ3) is 5.73. The minimum absolute atomic E-state index is 0.00539. The molecule has 4 aromatic rings. The quantitative estimate of drug-likeness (QED) is 0.224. The second-order valence-electron chi connectivity index (χ2n) is 8.94. The number of nitrogens with zero attached hydrogens (tertiary/aromatic N) is 4. The van der Waals surface area contributed by atoms with E-state index in [2.05, 4.69) is 27.2 Å². The zero-order valence-corrected chi connectivity index (χ0v) is 21.0. The zero-order valence-electron chi connectivity index (χ0n) is 20.3. The van der Waals surface area contributed by atoms with Crippen LogP contribution in [0.3, 0.4) is 0 Å². The topological polar surface area (TPSA) is 103 Å². The van der Waals surface area contributed by atoms with E-state index in [1.807, 2.05) is 24.3 Å². The fraction of sp³-hybridized carbons (Fsp3) is 0.259. The standard InChI is InChI=1S/C27H26ClN5O4/c1-32-13-11-20(12-14-32)37-25-8-4-6-22-26(25)27(30-17-29-22)31-19-9-10-24(21(28)15-19)36-16-18-5-2-3-7-23(18)33(34)35/h2-10,15,17,20H,11-14,16H2,1H3,(H,29,30,31). The number of anilines is 2. The molecule has 1 saturated heterocycles. The van der Waals surface area contributed by atoms with Gasteiger partial charge in [0.1, 0.15) is 36.4 Å². The summed E-state index contributed by atoms with van der Waals surface area (Å²) in [5.74, 6) is 1.77. The van der Waals surface area contributed by atoms with Crippen molar-refractivity contribution in [1.29, 1.82) is 0 Å². The third-order valence-electron chi connectivity index (χ3n) is 6.35. The van der Waals surface area contributed by atoms with Crippen LogP contribution in [0.4, 0.5) is 17.2 Å². The molecule has 0 radical (unpaired) electrons. The average molecular weight is 520 g/mol. The van der Waals surface area contributed by atoms with Crippen LogP contribution in [0.25, 0.3) is 10.9 Å². The van der Waals surface area contributed by atoms with E-state index >= 15 is 0 Å². The molecule has 190 valence electrons. The lowest BCUT2D eigenvalue weighted by molar-refractivity contribution is -0.385. The predicted molar refractivity (Wildman–Crippen MR) is 143 cm³/mol. The Morgan fingerprint density at radius 2 is 1.89 bits per heavy atom. The fourth-order valence-electron chi connectivity index (χ4n) is 4.35. The van der Waals surface area contributed by atoms with Crippen LogP contribution in [-0.2, 0) is 6.61 Å². The highest BCUT2D eigenvalue weighted by Gasteiger charge is 2.20. The number of nitro benzene ring substituents is 1. The van der Waals surface area contributed by atoms with Gasteiger partial charge in [0, 0.05) is 24.8 Å². The number of fused-ring (bicyclic) bond motifs is 1. The van der Waals surface area contributed by atoms with Crippen LogP contribution in [0.1, 0.15) is 18.4 Å². The van der Waals surface area contributed by atoms with Crippen LogP contribution >= 0.6 is 11.6 Å². The molecule has 0 bridgehead atoms. The Balaban J connectivity index is 1.34. The first kappa shape index (κ1) is 24.7. The molecule has 0 atom stereocenters. The van der Waals surface area contributed by atoms with E-state index < -0.39 is 4.92 Å². The number of rotatable bonds is 8. The summed E-state index contributed by atoms with van der Waals surface area (Å²) >= 11 is 6.49. The molecule has 1 aromatic heterocycles. The number of hydrogen-bond acceptors (Lipinski definition) is 8. The lowest BCUT2D eigenvalue weighted by Crippen LogP contribution is -2.35. The van der Waals surface area contributed by atoms with Gasteiger partial charge in [-0.2, -0.15) is 0 Å². The number of nitrogens with one attached hydrogen (secondary N) is 1. The smallest absolute Gasteiger partial charge is 0.276 e. The highest BCUT2D eigenvalue weighted by molar-refractivity contribution is 6.32. The summed E-state index contributed by atoms with van der Waals surface area (Å²) in [5.41, 5.74) is 1.96. The first-order chi connectivity index (χ1) is 18.0. The number of benzene rings is 3. The molecule has 0 spiro atoms. The lowest BCUT2D eigenvalue weighted by Gasteiger charge is -2.29. The van der Waals surface area contributed by atoms with Crippen molar-refractivity contribution in [1.82, 2.24) is 14.9 Å². The van der Waals surface area contributed by atoms with Gasteiger partial charge in [0.15, 0.2) is 0 Å². The van der Waals surface area contributed by atoms with Crippen molar-refractivity contribution in [3.05, 3.63) is 87.7 Å². The number of likely N-dealkylation sites (tertiary alicyclic amines) is 1. The van der Waals surface area contributed by atoms with Gasteiger partial charge in [-0.05, 0) is 56.3 Å². The van der Waals surface area contributed by atoms with Crippen molar-refractivity contribution < 1.29 is 14.4 Å². The molecule has 1 N–H and O–H groups in total. The van der Waals surface area contributed by atoms with Gasteiger partial charge in [-0.25, -0.2) is 9.97 Å². The number of para-hydroxylation sites is 1.